The first kappa shape index (κ1) is 13.1. The average Bonchev–Trinajstić information content (AvgIpc) is 2.83. The molecule has 0 bridgehead atoms. The van der Waals surface area contributed by atoms with E-state index in [1.165, 1.54) is 0 Å². The Labute approximate surface area is 117 Å². The monoisotopic (exact) mass is 270 g/mol. The number of carbonyl (C=O) groups is 1. The molecule has 0 aromatic carbocycles. The van der Waals surface area contributed by atoms with E-state index in [0.717, 1.165) is 28.2 Å². The molecule has 1 aliphatic carbocycles. The summed E-state index contributed by atoms with van der Waals surface area (Å²) < 4.78 is 0. The average molecular weight is 270 g/mol. The minimum atomic E-state index is -0.771. The van der Waals surface area contributed by atoms with Crippen LogP contribution >= 0.6 is 0 Å². The normalized spacial score (nSPS) is 29.4. The smallest absolute Gasteiger partial charge is 0.175 e. The number of aliphatic imine (C=N–C) groups is 1. The van der Waals surface area contributed by atoms with Gasteiger partial charge in [-0.25, -0.2) is 0 Å². The molecule has 0 radical (unpaired) electrons. The number of carbonyl (C=O) groups excluding carboxylic acids is 1. The third kappa shape index (κ3) is 1.72. The van der Waals surface area contributed by atoms with E-state index in [0.29, 0.717) is 11.3 Å². The molecule has 0 spiro atoms. The number of Topliss-reactive ketones (excluding diaryl/α,β-unsaturated/α-hetero) is 1. The Kier molecular flexibility index (Phi) is 2.80. The van der Waals surface area contributed by atoms with E-state index < -0.39 is 12.0 Å². The summed E-state index contributed by atoms with van der Waals surface area (Å²) in [6.45, 7) is 7.71. The van der Waals surface area contributed by atoms with Gasteiger partial charge in [-0.2, -0.15) is 0 Å². The molecule has 2 unspecified atom stereocenters. The van der Waals surface area contributed by atoms with Gasteiger partial charge in [0.1, 0.15) is 6.10 Å². The standard InChI is InChI=1S/C16H18N2O2/c1-7-5-9(3)17-13(7)11-15(19)12(16(11)20)14-8(2)6-10(4)18-14/h5-6,11,15,17,19H,1-4H3/b14-12+. The van der Waals surface area contributed by atoms with Crippen molar-refractivity contribution < 1.29 is 9.90 Å². The van der Waals surface area contributed by atoms with Crippen molar-refractivity contribution in [3.05, 3.63) is 45.9 Å². The molecule has 0 amide bonds. The van der Waals surface area contributed by atoms with Crippen LogP contribution in [0.15, 0.2) is 34.0 Å². The number of hydrogen-bond donors (Lipinski definition) is 2. The molecule has 1 aliphatic heterocycles. The number of rotatable bonds is 1. The molecule has 0 saturated heterocycles. The fraction of sp³-hybridized carbons (Fsp3) is 0.375. The predicted octanol–water partition coefficient (Wildman–Crippen LogP) is 2.33. The summed E-state index contributed by atoms with van der Waals surface area (Å²) in [5, 5.41) is 10.4. The number of nitrogens with zero attached hydrogens (tertiary/aromatic N) is 1. The highest BCUT2D eigenvalue weighted by atomic mass is 16.3. The highest BCUT2D eigenvalue weighted by Crippen LogP contribution is 2.42. The minimum absolute atomic E-state index is 0.0244. The molecule has 2 N–H and O–H groups in total. The van der Waals surface area contributed by atoms with Gasteiger partial charge < -0.3 is 10.1 Å². The van der Waals surface area contributed by atoms with Gasteiger partial charge in [0.2, 0.25) is 0 Å². The number of hydrogen-bond acceptors (Lipinski definition) is 3. The Morgan fingerprint density at radius 3 is 2.40 bits per heavy atom. The zero-order chi connectivity index (χ0) is 14.6. The molecular formula is C16H18N2O2. The van der Waals surface area contributed by atoms with Crippen molar-refractivity contribution in [3.63, 3.8) is 0 Å². The number of H-pyrrole nitrogens is 1. The first-order valence-corrected chi connectivity index (χ1v) is 6.76. The molecule has 3 rings (SSSR count). The number of ketones is 1. The summed E-state index contributed by atoms with van der Waals surface area (Å²) in [6.07, 6.45) is 1.16. The largest absolute Gasteiger partial charge is 0.387 e. The van der Waals surface area contributed by atoms with E-state index in [1.807, 2.05) is 39.8 Å². The molecule has 1 saturated carbocycles. The van der Waals surface area contributed by atoms with Gasteiger partial charge in [-0.1, -0.05) is 0 Å². The van der Waals surface area contributed by atoms with E-state index >= 15 is 0 Å². The van der Waals surface area contributed by atoms with Crippen molar-refractivity contribution in [1.29, 1.82) is 0 Å². The van der Waals surface area contributed by atoms with Crippen LogP contribution in [0, 0.1) is 13.8 Å². The Hall–Kier alpha value is -1.94. The number of nitrogens with one attached hydrogen (secondary N) is 1. The van der Waals surface area contributed by atoms with Gasteiger partial charge in [-0.15, -0.1) is 0 Å². The molecule has 4 nitrogen and oxygen atoms in total. The molecule has 20 heavy (non-hydrogen) atoms. The zero-order valence-corrected chi connectivity index (χ0v) is 12.1. The maximum Gasteiger partial charge on any atom is 0.175 e. The molecule has 2 heterocycles. The molecular weight excluding hydrogens is 252 g/mol. The fourth-order valence-electron chi connectivity index (χ4n) is 3.10. The van der Waals surface area contributed by atoms with Gasteiger partial charge in [0.25, 0.3) is 0 Å². The van der Waals surface area contributed by atoms with E-state index in [1.54, 1.807) is 0 Å². The van der Waals surface area contributed by atoms with Crippen molar-refractivity contribution in [2.75, 3.05) is 0 Å². The lowest BCUT2D eigenvalue weighted by Gasteiger charge is -2.34. The van der Waals surface area contributed by atoms with E-state index in [9.17, 15) is 9.90 Å². The van der Waals surface area contributed by atoms with E-state index in [4.69, 9.17) is 0 Å². The third-order valence-corrected chi connectivity index (χ3v) is 4.00. The summed E-state index contributed by atoms with van der Waals surface area (Å²) in [5.41, 5.74) is 5.77. The third-order valence-electron chi connectivity index (χ3n) is 4.00. The second-order valence-corrected chi connectivity index (χ2v) is 5.68. The Bertz CT molecular complexity index is 704. The minimum Gasteiger partial charge on any atom is -0.387 e. The van der Waals surface area contributed by atoms with Gasteiger partial charge in [-0.3, -0.25) is 9.79 Å². The van der Waals surface area contributed by atoms with Gasteiger partial charge in [0, 0.05) is 17.1 Å². The van der Waals surface area contributed by atoms with E-state index in [2.05, 4.69) is 9.98 Å². The van der Waals surface area contributed by atoms with Crippen molar-refractivity contribution in [2.45, 2.75) is 39.7 Å². The molecule has 104 valence electrons. The number of aryl methyl sites for hydroxylation is 2. The zero-order valence-electron chi connectivity index (χ0n) is 12.1. The molecule has 4 heteroatoms. The number of aliphatic hydroxyl groups excluding tert-OH is 1. The second kappa shape index (κ2) is 4.28. The molecule has 2 atom stereocenters. The van der Waals surface area contributed by atoms with Crippen LogP contribution in [-0.4, -0.2) is 27.7 Å². The highest BCUT2D eigenvalue weighted by molar-refractivity contribution is 6.11. The number of allylic oxidation sites excluding steroid dienone is 2. The van der Waals surface area contributed by atoms with Crippen LogP contribution in [0.2, 0.25) is 0 Å². The summed E-state index contributed by atoms with van der Waals surface area (Å²) >= 11 is 0. The maximum absolute atomic E-state index is 12.4. The molecule has 2 aliphatic rings. The first-order valence-electron chi connectivity index (χ1n) is 6.76. The summed E-state index contributed by atoms with van der Waals surface area (Å²) in [5.74, 6) is -0.501. The molecule has 1 fully saturated rings. The maximum atomic E-state index is 12.4. The topological polar surface area (TPSA) is 65.5 Å². The summed E-state index contributed by atoms with van der Waals surface area (Å²) in [7, 11) is 0. The lowest BCUT2D eigenvalue weighted by Crippen LogP contribution is -2.44. The van der Waals surface area contributed by atoms with E-state index in [-0.39, 0.29) is 5.78 Å². The van der Waals surface area contributed by atoms with Crippen molar-refractivity contribution in [1.82, 2.24) is 4.98 Å². The number of aliphatic hydroxyl groups is 1. The highest BCUT2D eigenvalue weighted by Gasteiger charge is 2.48. The van der Waals surface area contributed by atoms with Crippen molar-refractivity contribution in [3.8, 4) is 0 Å². The predicted molar refractivity (Wildman–Crippen MR) is 77.9 cm³/mol. The fourth-order valence-corrected chi connectivity index (χ4v) is 3.10. The van der Waals surface area contributed by atoms with Crippen LogP contribution in [0.1, 0.15) is 36.7 Å². The van der Waals surface area contributed by atoms with Crippen molar-refractivity contribution in [2.24, 2.45) is 4.99 Å². The van der Waals surface area contributed by atoms with Gasteiger partial charge in [0.15, 0.2) is 5.78 Å². The quantitative estimate of drug-likeness (QED) is 0.769. The lowest BCUT2D eigenvalue weighted by atomic mass is 9.71. The van der Waals surface area contributed by atoms with Crippen LogP contribution in [0.3, 0.4) is 0 Å². The van der Waals surface area contributed by atoms with Crippen LogP contribution in [0.5, 0.6) is 0 Å². The lowest BCUT2D eigenvalue weighted by molar-refractivity contribution is -0.126. The number of aromatic amines is 1. The Morgan fingerprint density at radius 1 is 1.25 bits per heavy atom. The first-order chi connectivity index (χ1) is 9.40. The molecule has 1 aromatic heterocycles. The Balaban J connectivity index is 2.00. The molecule has 1 aromatic rings. The van der Waals surface area contributed by atoms with Gasteiger partial charge in [-0.05, 0) is 51.0 Å². The van der Waals surface area contributed by atoms with Crippen LogP contribution in [0.4, 0.5) is 0 Å². The van der Waals surface area contributed by atoms with Crippen LogP contribution in [0.25, 0.3) is 0 Å². The second-order valence-electron chi connectivity index (χ2n) is 5.68. The SMILES string of the molecule is CC1=CC(C)=N/C1=C1/C(=O)C(c2[nH]c(C)cc2C)C1O. The van der Waals surface area contributed by atoms with Crippen LogP contribution in [-0.2, 0) is 4.79 Å². The van der Waals surface area contributed by atoms with Gasteiger partial charge >= 0.3 is 0 Å². The Morgan fingerprint density at radius 2 is 1.95 bits per heavy atom. The summed E-state index contributed by atoms with van der Waals surface area (Å²) in [6, 6.07) is 1.99. The van der Waals surface area contributed by atoms with Crippen molar-refractivity contribution >= 4 is 11.5 Å². The van der Waals surface area contributed by atoms with Gasteiger partial charge in [0.05, 0.1) is 17.2 Å². The number of aromatic nitrogens is 1. The summed E-state index contributed by atoms with van der Waals surface area (Å²) in [4.78, 5) is 20.0. The van der Waals surface area contributed by atoms with Crippen LogP contribution < -0.4 is 0 Å².